The summed E-state index contributed by atoms with van der Waals surface area (Å²) in [5.74, 6) is 1.70. The van der Waals surface area contributed by atoms with Gasteiger partial charge >= 0.3 is 0 Å². The van der Waals surface area contributed by atoms with Gasteiger partial charge in [0.05, 0.1) is 12.9 Å². The van der Waals surface area contributed by atoms with E-state index in [0.29, 0.717) is 5.16 Å². The molecule has 2 aromatic carbocycles. The number of hydrogen-bond acceptors (Lipinski definition) is 5. The zero-order valence-electron chi connectivity index (χ0n) is 15.6. The second kappa shape index (κ2) is 8.73. The first-order chi connectivity index (χ1) is 13.1. The molecular formula is C20H22N4O2S. The van der Waals surface area contributed by atoms with E-state index in [1.807, 2.05) is 60.1 Å². The van der Waals surface area contributed by atoms with Crippen molar-refractivity contribution in [2.45, 2.75) is 18.5 Å². The summed E-state index contributed by atoms with van der Waals surface area (Å²) in [4.78, 5) is 12.3. The number of rotatable bonds is 7. The van der Waals surface area contributed by atoms with Crippen LogP contribution in [0.2, 0.25) is 0 Å². The molecule has 0 unspecified atom stereocenters. The Morgan fingerprint density at radius 2 is 2.00 bits per heavy atom. The van der Waals surface area contributed by atoms with E-state index in [1.165, 1.54) is 11.8 Å². The van der Waals surface area contributed by atoms with Crippen LogP contribution in [0, 0.1) is 0 Å². The van der Waals surface area contributed by atoms with Gasteiger partial charge in [0.2, 0.25) is 5.91 Å². The van der Waals surface area contributed by atoms with Gasteiger partial charge in [0.15, 0.2) is 11.0 Å². The highest BCUT2D eigenvalue weighted by Gasteiger charge is 2.14. The molecule has 7 heteroatoms. The molecule has 0 radical (unpaired) electrons. The fourth-order valence-electron chi connectivity index (χ4n) is 2.72. The molecule has 0 saturated heterocycles. The third-order valence-electron chi connectivity index (χ3n) is 4.17. The number of carbonyl (C=O) groups excluding carboxylic acids is 1. The van der Waals surface area contributed by atoms with E-state index >= 15 is 0 Å². The SMILES string of the molecule is CCc1ccccc1NC(=O)CSc1nnc(-c2cccc(OC)c2)n1C. The van der Waals surface area contributed by atoms with Gasteiger partial charge in [0.25, 0.3) is 0 Å². The first-order valence-electron chi connectivity index (χ1n) is 8.66. The minimum atomic E-state index is -0.0631. The second-order valence-corrected chi connectivity index (χ2v) is 6.89. The summed E-state index contributed by atoms with van der Waals surface area (Å²) in [6, 6.07) is 15.5. The number of aromatic nitrogens is 3. The number of nitrogens with one attached hydrogen (secondary N) is 1. The second-order valence-electron chi connectivity index (χ2n) is 5.94. The van der Waals surface area contributed by atoms with Gasteiger partial charge in [-0.25, -0.2) is 0 Å². The lowest BCUT2D eigenvalue weighted by Gasteiger charge is -2.09. The van der Waals surface area contributed by atoms with Crippen LogP contribution in [0.5, 0.6) is 5.75 Å². The van der Waals surface area contributed by atoms with Crippen molar-refractivity contribution in [1.82, 2.24) is 14.8 Å². The van der Waals surface area contributed by atoms with Gasteiger partial charge in [-0.3, -0.25) is 4.79 Å². The summed E-state index contributed by atoms with van der Waals surface area (Å²) >= 11 is 1.36. The normalized spacial score (nSPS) is 10.6. The summed E-state index contributed by atoms with van der Waals surface area (Å²) in [5.41, 5.74) is 2.90. The Kier molecular flexibility index (Phi) is 6.13. The van der Waals surface area contributed by atoms with Crippen LogP contribution in [0.4, 0.5) is 5.69 Å². The van der Waals surface area contributed by atoms with Crippen LogP contribution in [0.1, 0.15) is 12.5 Å². The number of benzene rings is 2. The van der Waals surface area contributed by atoms with Crippen LogP contribution in [0.3, 0.4) is 0 Å². The Bertz CT molecular complexity index is 939. The molecule has 140 valence electrons. The number of para-hydroxylation sites is 1. The molecule has 1 heterocycles. The highest BCUT2D eigenvalue weighted by atomic mass is 32.2. The van der Waals surface area contributed by atoms with E-state index in [9.17, 15) is 4.79 Å². The summed E-state index contributed by atoms with van der Waals surface area (Å²) < 4.78 is 7.14. The van der Waals surface area contributed by atoms with Gasteiger partial charge in [0.1, 0.15) is 5.75 Å². The molecule has 0 spiro atoms. The smallest absolute Gasteiger partial charge is 0.234 e. The lowest BCUT2D eigenvalue weighted by Crippen LogP contribution is -2.15. The fourth-order valence-corrected chi connectivity index (χ4v) is 3.43. The largest absolute Gasteiger partial charge is 0.497 e. The molecule has 0 atom stereocenters. The van der Waals surface area contributed by atoms with E-state index in [4.69, 9.17) is 4.74 Å². The Balaban J connectivity index is 1.66. The minimum Gasteiger partial charge on any atom is -0.497 e. The molecule has 1 aromatic heterocycles. The van der Waals surface area contributed by atoms with Crippen LogP contribution in [0.25, 0.3) is 11.4 Å². The number of methoxy groups -OCH3 is 1. The summed E-state index contributed by atoms with van der Waals surface area (Å²) in [6.45, 7) is 2.07. The number of nitrogens with zero attached hydrogens (tertiary/aromatic N) is 3. The third-order valence-corrected chi connectivity index (χ3v) is 5.19. The fraction of sp³-hybridized carbons (Fsp3) is 0.250. The summed E-state index contributed by atoms with van der Waals surface area (Å²) in [7, 11) is 3.52. The van der Waals surface area contributed by atoms with Crippen LogP contribution in [-0.2, 0) is 18.3 Å². The van der Waals surface area contributed by atoms with Crippen molar-refractivity contribution < 1.29 is 9.53 Å². The summed E-state index contributed by atoms with van der Waals surface area (Å²) in [6.07, 6.45) is 0.872. The highest BCUT2D eigenvalue weighted by molar-refractivity contribution is 7.99. The average Bonchev–Trinajstić information content (AvgIpc) is 3.07. The number of carbonyl (C=O) groups is 1. The molecule has 6 nitrogen and oxygen atoms in total. The molecule has 0 bridgehead atoms. The Morgan fingerprint density at radius 3 is 2.78 bits per heavy atom. The van der Waals surface area contributed by atoms with Crippen LogP contribution >= 0.6 is 11.8 Å². The van der Waals surface area contributed by atoms with Crippen molar-refractivity contribution in [3.05, 3.63) is 54.1 Å². The number of ether oxygens (including phenoxy) is 1. The van der Waals surface area contributed by atoms with Gasteiger partial charge in [-0.15, -0.1) is 10.2 Å². The van der Waals surface area contributed by atoms with E-state index in [2.05, 4.69) is 22.4 Å². The summed E-state index contributed by atoms with van der Waals surface area (Å²) in [5, 5.41) is 12.1. The lowest BCUT2D eigenvalue weighted by molar-refractivity contribution is -0.113. The number of anilines is 1. The molecule has 1 amide bonds. The Hall–Kier alpha value is -2.80. The zero-order valence-corrected chi connectivity index (χ0v) is 16.4. The molecule has 0 aliphatic heterocycles. The maximum Gasteiger partial charge on any atom is 0.234 e. The Morgan fingerprint density at radius 1 is 1.19 bits per heavy atom. The maximum absolute atomic E-state index is 12.3. The van der Waals surface area contributed by atoms with Crippen LogP contribution in [0.15, 0.2) is 53.7 Å². The topological polar surface area (TPSA) is 69.0 Å². The quantitative estimate of drug-likeness (QED) is 0.630. The number of hydrogen-bond donors (Lipinski definition) is 1. The molecule has 0 saturated carbocycles. The van der Waals surface area contributed by atoms with E-state index < -0.39 is 0 Å². The zero-order chi connectivity index (χ0) is 19.2. The Labute approximate surface area is 163 Å². The molecule has 1 N–H and O–H groups in total. The molecule has 27 heavy (non-hydrogen) atoms. The monoisotopic (exact) mass is 382 g/mol. The van der Waals surface area contributed by atoms with Gasteiger partial charge in [-0.05, 0) is 30.2 Å². The van der Waals surface area contributed by atoms with E-state index in [0.717, 1.165) is 34.8 Å². The number of aryl methyl sites for hydroxylation is 1. The van der Waals surface area contributed by atoms with Crippen molar-refractivity contribution in [2.24, 2.45) is 7.05 Å². The molecule has 0 aliphatic rings. The number of amides is 1. The molecule has 3 rings (SSSR count). The van der Waals surface area contributed by atoms with Crippen LogP contribution in [-0.4, -0.2) is 33.5 Å². The highest BCUT2D eigenvalue weighted by Crippen LogP contribution is 2.25. The van der Waals surface area contributed by atoms with Crippen molar-refractivity contribution in [3.63, 3.8) is 0 Å². The van der Waals surface area contributed by atoms with Crippen molar-refractivity contribution in [2.75, 3.05) is 18.2 Å². The predicted octanol–water partition coefficient (Wildman–Crippen LogP) is 3.78. The molecule has 0 fully saturated rings. The van der Waals surface area contributed by atoms with Gasteiger partial charge < -0.3 is 14.6 Å². The first kappa shape index (κ1) is 19.0. The third kappa shape index (κ3) is 4.49. The van der Waals surface area contributed by atoms with E-state index in [1.54, 1.807) is 7.11 Å². The van der Waals surface area contributed by atoms with Gasteiger partial charge in [-0.2, -0.15) is 0 Å². The standard InChI is InChI=1S/C20H22N4O2S/c1-4-14-8-5-6-11-17(14)21-18(25)13-27-20-23-22-19(24(20)2)15-9-7-10-16(12-15)26-3/h5-12H,4,13H2,1-3H3,(H,21,25). The average molecular weight is 382 g/mol. The number of thioether (sulfide) groups is 1. The van der Waals surface area contributed by atoms with Crippen molar-refractivity contribution in [1.29, 1.82) is 0 Å². The predicted molar refractivity (Wildman–Crippen MR) is 108 cm³/mol. The first-order valence-corrected chi connectivity index (χ1v) is 9.65. The molecule has 3 aromatic rings. The molecular weight excluding hydrogens is 360 g/mol. The van der Waals surface area contributed by atoms with Crippen molar-refractivity contribution in [3.8, 4) is 17.1 Å². The van der Waals surface area contributed by atoms with E-state index in [-0.39, 0.29) is 11.7 Å². The van der Waals surface area contributed by atoms with Crippen molar-refractivity contribution >= 4 is 23.4 Å². The lowest BCUT2D eigenvalue weighted by atomic mass is 10.1. The maximum atomic E-state index is 12.3. The minimum absolute atomic E-state index is 0.0631. The van der Waals surface area contributed by atoms with Gasteiger partial charge in [-0.1, -0.05) is 49.0 Å². The molecule has 0 aliphatic carbocycles. The van der Waals surface area contributed by atoms with Gasteiger partial charge in [0, 0.05) is 18.3 Å². The van der Waals surface area contributed by atoms with Crippen LogP contribution < -0.4 is 10.1 Å².